The van der Waals surface area contributed by atoms with Crippen molar-refractivity contribution in [1.82, 2.24) is 10.2 Å². The van der Waals surface area contributed by atoms with E-state index in [0.717, 1.165) is 19.6 Å². The standard InChI is InChI=1S/C15H21FN2O/c1-11(9-13-5-3-4-6-14(13)16)15(19)18-8-7-17-12(2)10-18/h3-6,11-12,17H,7-10H2,1-2H3/t11-,12+/m0/s1. The van der Waals surface area contributed by atoms with E-state index >= 15 is 0 Å². The maximum Gasteiger partial charge on any atom is 0.225 e. The van der Waals surface area contributed by atoms with Crippen LogP contribution in [0.1, 0.15) is 19.4 Å². The third kappa shape index (κ3) is 3.53. The van der Waals surface area contributed by atoms with E-state index in [9.17, 15) is 9.18 Å². The molecule has 0 aromatic heterocycles. The van der Waals surface area contributed by atoms with Crippen LogP contribution < -0.4 is 5.32 Å². The summed E-state index contributed by atoms with van der Waals surface area (Å²) in [5.41, 5.74) is 0.617. The van der Waals surface area contributed by atoms with Crippen molar-refractivity contribution in [3.63, 3.8) is 0 Å². The van der Waals surface area contributed by atoms with Gasteiger partial charge in [0.15, 0.2) is 0 Å². The first kappa shape index (κ1) is 14.0. The molecule has 1 aliphatic rings. The lowest BCUT2D eigenvalue weighted by atomic mass is 9.99. The number of hydrogen-bond donors (Lipinski definition) is 1. The third-order valence-electron chi connectivity index (χ3n) is 3.59. The highest BCUT2D eigenvalue weighted by Gasteiger charge is 2.25. The molecule has 1 N–H and O–H groups in total. The molecule has 19 heavy (non-hydrogen) atoms. The topological polar surface area (TPSA) is 32.3 Å². The number of piperazine rings is 1. The molecular weight excluding hydrogens is 243 g/mol. The van der Waals surface area contributed by atoms with Crippen LogP contribution in [-0.2, 0) is 11.2 Å². The lowest BCUT2D eigenvalue weighted by Crippen LogP contribution is -2.52. The van der Waals surface area contributed by atoms with Gasteiger partial charge in [0, 0.05) is 31.6 Å². The highest BCUT2D eigenvalue weighted by Crippen LogP contribution is 2.15. The van der Waals surface area contributed by atoms with E-state index < -0.39 is 0 Å². The summed E-state index contributed by atoms with van der Waals surface area (Å²) in [6, 6.07) is 7.00. The summed E-state index contributed by atoms with van der Waals surface area (Å²) in [5.74, 6) is -0.283. The molecule has 0 radical (unpaired) electrons. The van der Waals surface area contributed by atoms with E-state index in [4.69, 9.17) is 0 Å². The largest absolute Gasteiger partial charge is 0.340 e. The molecule has 2 rings (SSSR count). The Kier molecular flexibility index (Phi) is 4.53. The van der Waals surface area contributed by atoms with Crippen molar-refractivity contribution in [2.75, 3.05) is 19.6 Å². The molecular formula is C15H21FN2O. The van der Waals surface area contributed by atoms with Gasteiger partial charge in [0.1, 0.15) is 5.82 Å². The molecule has 1 fully saturated rings. The molecule has 0 spiro atoms. The van der Waals surface area contributed by atoms with Crippen molar-refractivity contribution in [3.05, 3.63) is 35.6 Å². The number of rotatable bonds is 3. The summed E-state index contributed by atoms with van der Waals surface area (Å²) in [5, 5.41) is 3.31. The van der Waals surface area contributed by atoms with E-state index in [2.05, 4.69) is 12.2 Å². The van der Waals surface area contributed by atoms with Crippen molar-refractivity contribution in [3.8, 4) is 0 Å². The summed E-state index contributed by atoms with van der Waals surface area (Å²) >= 11 is 0. The number of amides is 1. The van der Waals surface area contributed by atoms with Crippen molar-refractivity contribution in [2.24, 2.45) is 5.92 Å². The predicted molar refractivity (Wildman–Crippen MR) is 73.3 cm³/mol. The number of nitrogens with zero attached hydrogens (tertiary/aromatic N) is 1. The molecule has 0 bridgehead atoms. The summed E-state index contributed by atoms with van der Waals surface area (Å²) < 4.78 is 13.6. The fourth-order valence-corrected chi connectivity index (χ4v) is 2.53. The Morgan fingerprint density at radius 3 is 2.95 bits per heavy atom. The second kappa shape index (κ2) is 6.15. The smallest absolute Gasteiger partial charge is 0.225 e. The Bertz CT molecular complexity index is 450. The zero-order valence-electron chi connectivity index (χ0n) is 11.5. The molecule has 0 saturated carbocycles. The van der Waals surface area contributed by atoms with E-state index in [-0.39, 0.29) is 17.6 Å². The van der Waals surface area contributed by atoms with Crippen molar-refractivity contribution < 1.29 is 9.18 Å². The number of benzene rings is 1. The Hall–Kier alpha value is -1.42. The van der Waals surface area contributed by atoms with E-state index in [1.807, 2.05) is 17.9 Å². The van der Waals surface area contributed by atoms with E-state index in [1.54, 1.807) is 12.1 Å². The molecule has 1 amide bonds. The first-order valence-electron chi connectivity index (χ1n) is 6.83. The minimum Gasteiger partial charge on any atom is -0.340 e. The molecule has 3 nitrogen and oxygen atoms in total. The van der Waals surface area contributed by atoms with Crippen LogP contribution >= 0.6 is 0 Å². The lowest BCUT2D eigenvalue weighted by Gasteiger charge is -2.33. The van der Waals surface area contributed by atoms with Crippen LogP contribution in [0.3, 0.4) is 0 Å². The van der Waals surface area contributed by atoms with Gasteiger partial charge in [0.2, 0.25) is 5.91 Å². The average Bonchev–Trinajstić information content (AvgIpc) is 2.40. The molecule has 1 saturated heterocycles. The molecule has 1 aliphatic heterocycles. The maximum atomic E-state index is 13.6. The number of nitrogens with one attached hydrogen (secondary N) is 1. The number of hydrogen-bond acceptors (Lipinski definition) is 2. The monoisotopic (exact) mass is 264 g/mol. The first-order chi connectivity index (χ1) is 9.08. The van der Waals surface area contributed by atoms with E-state index in [0.29, 0.717) is 18.0 Å². The molecule has 0 unspecified atom stereocenters. The second-order valence-corrected chi connectivity index (χ2v) is 5.34. The Morgan fingerprint density at radius 2 is 2.26 bits per heavy atom. The molecule has 104 valence electrons. The van der Waals surface area contributed by atoms with E-state index in [1.165, 1.54) is 6.07 Å². The van der Waals surface area contributed by atoms with Crippen molar-refractivity contribution >= 4 is 5.91 Å². The normalized spacial score (nSPS) is 21.2. The Labute approximate surface area is 113 Å². The molecule has 0 aliphatic carbocycles. The summed E-state index contributed by atoms with van der Waals surface area (Å²) in [4.78, 5) is 14.2. The Morgan fingerprint density at radius 1 is 1.53 bits per heavy atom. The molecule has 1 aromatic rings. The summed E-state index contributed by atoms with van der Waals surface area (Å²) in [6.45, 7) is 6.26. The Balaban J connectivity index is 1.97. The zero-order valence-corrected chi connectivity index (χ0v) is 11.5. The van der Waals surface area contributed by atoms with Crippen LogP contribution in [0.15, 0.2) is 24.3 Å². The highest BCUT2D eigenvalue weighted by atomic mass is 19.1. The predicted octanol–water partition coefficient (Wildman–Crippen LogP) is 1.82. The number of halogens is 1. The van der Waals surface area contributed by atoms with Gasteiger partial charge in [0.25, 0.3) is 0 Å². The SMILES string of the molecule is C[C@@H]1CN(C(=O)[C@@H](C)Cc2ccccc2F)CCN1. The van der Waals surface area contributed by atoms with Gasteiger partial charge in [-0.2, -0.15) is 0 Å². The minimum absolute atomic E-state index is 0.122. The van der Waals surface area contributed by atoms with Crippen LogP contribution in [0.25, 0.3) is 0 Å². The van der Waals surface area contributed by atoms with Crippen LogP contribution in [0, 0.1) is 11.7 Å². The molecule has 1 aromatic carbocycles. The maximum absolute atomic E-state index is 13.6. The highest BCUT2D eigenvalue weighted by molar-refractivity contribution is 5.79. The van der Waals surface area contributed by atoms with Crippen LogP contribution in [0.5, 0.6) is 0 Å². The molecule has 1 heterocycles. The fraction of sp³-hybridized carbons (Fsp3) is 0.533. The van der Waals surface area contributed by atoms with Crippen LogP contribution in [0.2, 0.25) is 0 Å². The van der Waals surface area contributed by atoms with Crippen molar-refractivity contribution in [1.29, 1.82) is 0 Å². The number of carbonyl (C=O) groups excluding carboxylic acids is 1. The van der Waals surface area contributed by atoms with Gasteiger partial charge >= 0.3 is 0 Å². The molecule has 4 heteroatoms. The minimum atomic E-state index is -0.226. The van der Waals surface area contributed by atoms with Gasteiger partial charge < -0.3 is 10.2 Å². The lowest BCUT2D eigenvalue weighted by molar-refractivity contribution is -0.136. The van der Waals surface area contributed by atoms with Gasteiger partial charge in [-0.1, -0.05) is 25.1 Å². The van der Waals surface area contributed by atoms with Gasteiger partial charge in [0.05, 0.1) is 0 Å². The van der Waals surface area contributed by atoms with Crippen molar-refractivity contribution in [2.45, 2.75) is 26.3 Å². The summed E-state index contributed by atoms with van der Waals surface area (Å²) in [7, 11) is 0. The van der Waals surface area contributed by atoms with Gasteiger partial charge in [-0.15, -0.1) is 0 Å². The fourth-order valence-electron chi connectivity index (χ4n) is 2.53. The molecule has 2 atom stereocenters. The zero-order chi connectivity index (χ0) is 13.8. The third-order valence-corrected chi connectivity index (χ3v) is 3.59. The van der Waals surface area contributed by atoms with Gasteiger partial charge in [-0.05, 0) is 25.0 Å². The first-order valence-corrected chi connectivity index (χ1v) is 6.83. The average molecular weight is 264 g/mol. The van der Waals surface area contributed by atoms with Gasteiger partial charge in [-0.25, -0.2) is 4.39 Å². The second-order valence-electron chi connectivity index (χ2n) is 5.34. The summed E-state index contributed by atoms with van der Waals surface area (Å²) in [6.07, 6.45) is 0.462. The van der Waals surface area contributed by atoms with Crippen LogP contribution in [-0.4, -0.2) is 36.5 Å². The van der Waals surface area contributed by atoms with Crippen LogP contribution in [0.4, 0.5) is 4.39 Å². The van der Waals surface area contributed by atoms with Gasteiger partial charge in [-0.3, -0.25) is 4.79 Å². The quantitative estimate of drug-likeness (QED) is 0.903. The number of carbonyl (C=O) groups is 1.